The summed E-state index contributed by atoms with van der Waals surface area (Å²) < 4.78 is 5.33. The Hall–Kier alpha value is -1.98. The molecule has 0 saturated carbocycles. The van der Waals surface area contributed by atoms with Crippen LogP contribution in [0.2, 0.25) is 0 Å². The molecule has 5 heteroatoms. The Bertz CT molecular complexity index is 747. The molecule has 0 atom stereocenters. The lowest BCUT2D eigenvalue weighted by Crippen LogP contribution is -2.07. The van der Waals surface area contributed by atoms with Crippen LogP contribution < -0.4 is 0 Å². The van der Waals surface area contributed by atoms with Gasteiger partial charge >= 0.3 is 5.97 Å². The fourth-order valence-electron chi connectivity index (χ4n) is 1.91. The standard InChI is InChI=1S/C16H13NO2S2/c1-11-4-2-3-5-14(11)16(18)19-8-13-10-21-15(17-13)12-6-7-20-9-12/h2-7,9-10H,8H2,1H3. The fraction of sp³-hybridized carbons (Fsp3) is 0.125. The number of nitrogens with zero attached hydrogens (tertiary/aromatic N) is 1. The van der Waals surface area contributed by atoms with E-state index >= 15 is 0 Å². The number of thiophene rings is 1. The number of carbonyl (C=O) groups is 1. The van der Waals surface area contributed by atoms with Gasteiger partial charge in [-0.25, -0.2) is 9.78 Å². The van der Waals surface area contributed by atoms with Crippen LogP contribution in [0.25, 0.3) is 10.6 Å². The number of esters is 1. The maximum Gasteiger partial charge on any atom is 0.338 e. The predicted molar refractivity (Wildman–Crippen MR) is 85.7 cm³/mol. The van der Waals surface area contributed by atoms with E-state index in [2.05, 4.69) is 10.4 Å². The monoisotopic (exact) mass is 315 g/mol. The second-order valence-corrected chi connectivity index (χ2v) is 6.19. The first-order chi connectivity index (χ1) is 10.2. The normalized spacial score (nSPS) is 10.5. The van der Waals surface area contributed by atoms with Gasteiger partial charge in [0.15, 0.2) is 0 Å². The van der Waals surface area contributed by atoms with Crippen LogP contribution in [0.3, 0.4) is 0 Å². The Morgan fingerprint density at radius 2 is 2.10 bits per heavy atom. The average Bonchev–Trinajstić information content (AvgIpc) is 3.16. The lowest BCUT2D eigenvalue weighted by atomic mass is 10.1. The Kier molecular flexibility index (Phi) is 4.13. The average molecular weight is 315 g/mol. The van der Waals surface area contributed by atoms with Crippen molar-refractivity contribution >= 4 is 28.6 Å². The predicted octanol–water partition coefficient (Wildman–Crippen LogP) is 4.54. The molecule has 0 bridgehead atoms. The minimum atomic E-state index is -0.307. The van der Waals surface area contributed by atoms with Gasteiger partial charge in [0.1, 0.15) is 11.6 Å². The van der Waals surface area contributed by atoms with E-state index in [0.717, 1.165) is 21.8 Å². The highest BCUT2D eigenvalue weighted by atomic mass is 32.1. The van der Waals surface area contributed by atoms with Gasteiger partial charge in [-0.2, -0.15) is 11.3 Å². The lowest BCUT2D eigenvalue weighted by molar-refractivity contribution is 0.0467. The summed E-state index contributed by atoms with van der Waals surface area (Å²) in [4.78, 5) is 16.5. The molecule has 0 aliphatic carbocycles. The number of aryl methyl sites for hydroxylation is 1. The number of carbonyl (C=O) groups excluding carboxylic acids is 1. The molecule has 3 aromatic rings. The smallest absolute Gasteiger partial charge is 0.338 e. The molecule has 0 amide bonds. The summed E-state index contributed by atoms with van der Waals surface area (Å²) >= 11 is 3.20. The SMILES string of the molecule is Cc1ccccc1C(=O)OCc1csc(-c2ccsc2)n1. The van der Waals surface area contributed by atoms with Crippen LogP contribution in [0.1, 0.15) is 21.6 Å². The van der Waals surface area contributed by atoms with Gasteiger partial charge in [0.05, 0.1) is 11.3 Å². The van der Waals surface area contributed by atoms with Gasteiger partial charge in [0, 0.05) is 16.3 Å². The summed E-state index contributed by atoms with van der Waals surface area (Å²) in [5.41, 5.74) is 3.41. The first-order valence-electron chi connectivity index (χ1n) is 6.44. The van der Waals surface area contributed by atoms with E-state index in [4.69, 9.17) is 4.74 Å². The van der Waals surface area contributed by atoms with Crippen molar-refractivity contribution in [2.45, 2.75) is 13.5 Å². The molecule has 0 N–H and O–H groups in total. The van der Waals surface area contributed by atoms with Crippen molar-refractivity contribution in [1.29, 1.82) is 0 Å². The third-order valence-corrected chi connectivity index (χ3v) is 4.66. The number of rotatable bonds is 4. The van der Waals surface area contributed by atoms with Gasteiger partial charge in [-0.15, -0.1) is 11.3 Å². The van der Waals surface area contributed by atoms with Crippen molar-refractivity contribution in [1.82, 2.24) is 4.98 Å². The second-order valence-electron chi connectivity index (χ2n) is 4.55. The maximum atomic E-state index is 12.0. The van der Waals surface area contributed by atoms with Gasteiger partial charge in [-0.3, -0.25) is 0 Å². The summed E-state index contributed by atoms with van der Waals surface area (Å²) in [6.45, 7) is 2.10. The van der Waals surface area contributed by atoms with Gasteiger partial charge in [-0.1, -0.05) is 18.2 Å². The molecule has 21 heavy (non-hydrogen) atoms. The molecule has 3 rings (SSSR count). The number of hydrogen-bond acceptors (Lipinski definition) is 5. The maximum absolute atomic E-state index is 12.0. The van der Waals surface area contributed by atoms with Crippen LogP contribution in [0.15, 0.2) is 46.5 Å². The molecular formula is C16H13NO2S2. The zero-order valence-corrected chi connectivity index (χ0v) is 13.0. The van der Waals surface area contributed by atoms with Crippen molar-refractivity contribution in [3.63, 3.8) is 0 Å². The first-order valence-corrected chi connectivity index (χ1v) is 8.26. The third-order valence-electron chi connectivity index (χ3n) is 3.04. The van der Waals surface area contributed by atoms with E-state index in [-0.39, 0.29) is 12.6 Å². The van der Waals surface area contributed by atoms with Crippen molar-refractivity contribution in [3.8, 4) is 10.6 Å². The third kappa shape index (κ3) is 3.20. The molecule has 0 unspecified atom stereocenters. The fourth-order valence-corrected chi connectivity index (χ4v) is 3.43. The van der Waals surface area contributed by atoms with Crippen molar-refractivity contribution < 1.29 is 9.53 Å². The van der Waals surface area contributed by atoms with Crippen LogP contribution in [0.4, 0.5) is 0 Å². The largest absolute Gasteiger partial charge is 0.456 e. The molecule has 2 heterocycles. The summed E-state index contributed by atoms with van der Waals surface area (Å²) in [7, 11) is 0. The molecule has 0 aliphatic heterocycles. The van der Waals surface area contributed by atoms with Crippen molar-refractivity contribution in [2.75, 3.05) is 0 Å². The highest BCUT2D eigenvalue weighted by Gasteiger charge is 2.11. The number of benzene rings is 1. The summed E-state index contributed by atoms with van der Waals surface area (Å²) in [6.07, 6.45) is 0. The molecule has 1 aromatic carbocycles. The summed E-state index contributed by atoms with van der Waals surface area (Å²) in [5.74, 6) is -0.307. The number of aromatic nitrogens is 1. The molecule has 2 aromatic heterocycles. The Labute approximate surface area is 130 Å². The summed E-state index contributed by atoms with van der Waals surface area (Å²) in [6, 6.07) is 9.44. The molecule has 3 nitrogen and oxygen atoms in total. The topological polar surface area (TPSA) is 39.2 Å². The van der Waals surface area contributed by atoms with Crippen LogP contribution in [-0.4, -0.2) is 11.0 Å². The zero-order valence-electron chi connectivity index (χ0n) is 11.4. The van der Waals surface area contributed by atoms with Crippen LogP contribution in [-0.2, 0) is 11.3 Å². The summed E-state index contributed by atoms with van der Waals surface area (Å²) in [5, 5.41) is 6.97. The second kappa shape index (κ2) is 6.20. The molecule has 0 fully saturated rings. The van der Waals surface area contributed by atoms with Gasteiger partial charge < -0.3 is 4.74 Å². The van der Waals surface area contributed by atoms with Crippen molar-refractivity contribution in [3.05, 3.63) is 63.3 Å². The van der Waals surface area contributed by atoms with Crippen LogP contribution >= 0.6 is 22.7 Å². The molecule has 0 spiro atoms. The Morgan fingerprint density at radius 1 is 1.24 bits per heavy atom. The Morgan fingerprint density at radius 3 is 2.86 bits per heavy atom. The first kappa shape index (κ1) is 14.0. The zero-order chi connectivity index (χ0) is 14.7. The molecule has 0 radical (unpaired) electrons. The highest BCUT2D eigenvalue weighted by molar-refractivity contribution is 7.14. The minimum absolute atomic E-state index is 0.202. The van der Waals surface area contributed by atoms with Gasteiger partial charge in [0.25, 0.3) is 0 Å². The van der Waals surface area contributed by atoms with Gasteiger partial charge in [-0.05, 0) is 30.0 Å². The molecular weight excluding hydrogens is 302 g/mol. The Balaban J connectivity index is 1.66. The van der Waals surface area contributed by atoms with E-state index in [1.807, 2.05) is 41.9 Å². The van der Waals surface area contributed by atoms with Crippen LogP contribution in [0, 0.1) is 6.92 Å². The van der Waals surface area contributed by atoms with Crippen molar-refractivity contribution in [2.24, 2.45) is 0 Å². The molecule has 0 saturated heterocycles. The molecule has 0 aliphatic rings. The minimum Gasteiger partial charge on any atom is -0.456 e. The van der Waals surface area contributed by atoms with E-state index in [1.54, 1.807) is 28.7 Å². The number of hydrogen-bond donors (Lipinski definition) is 0. The van der Waals surface area contributed by atoms with E-state index in [1.165, 1.54) is 0 Å². The van der Waals surface area contributed by atoms with E-state index in [9.17, 15) is 4.79 Å². The lowest BCUT2D eigenvalue weighted by Gasteiger charge is -2.05. The molecule has 106 valence electrons. The highest BCUT2D eigenvalue weighted by Crippen LogP contribution is 2.26. The van der Waals surface area contributed by atoms with E-state index in [0.29, 0.717) is 5.56 Å². The van der Waals surface area contributed by atoms with E-state index < -0.39 is 0 Å². The number of thiazole rings is 1. The number of ether oxygens (including phenoxy) is 1. The quantitative estimate of drug-likeness (QED) is 0.664. The van der Waals surface area contributed by atoms with Gasteiger partial charge in [0.2, 0.25) is 0 Å². The van der Waals surface area contributed by atoms with Crippen LogP contribution in [0.5, 0.6) is 0 Å².